The fourth-order valence-electron chi connectivity index (χ4n) is 2.62. The van der Waals surface area contributed by atoms with E-state index in [0.29, 0.717) is 17.8 Å². The molecule has 0 spiro atoms. The first-order valence-electron chi connectivity index (χ1n) is 7.74. The largest absolute Gasteiger partial charge is 0.336 e. The van der Waals surface area contributed by atoms with Gasteiger partial charge in [0.25, 0.3) is 5.91 Å². The number of benzene rings is 2. The highest BCUT2D eigenvalue weighted by Crippen LogP contribution is 2.22. The van der Waals surface area contributed by atoms with Crippen LogP contribution in [0.15, 0.2) is 54.6 Å². The van der Waals surface area contributed by atoms with E-state index in [1.165, 1.54) is 10.7 Å². The number of carbonyl (C=O) groups is 1. The molecular formula is C19H17F2N3O. The second-order valence-corrected chi connectivity index (χ2v) is 5.81. The zero-order valence-corrected chi connectivity index (χ0v) is 13.9. The van der Waals surface area contributed by atoms with Crippen molar-refractivity contribution in [2.75, 3.05) is 7.05 Å². The minimum absolute atomic E-state index is 0.242. The van der Waals surface area contributed by atoms with Gasteiger partial charge in [-0.05, 0) is 29.8 Å². The third kappa shape index (κ3) is 3.57. The van der Waals surface area contributed by atoms with E-state index < -0.39 is 11.6 Å². The second kappa shape index (κ2) is 6.84. The first-order valence-corrected chi connectivity index (χ1v) is 7.74. The van der Waals surface area contributed by atoms with E-state index >= 15 is 0 Å². The van der Waals surface area contributed by atoms with Gasteiger partial charge in [0.2, 0.25) is 0 Å². The maximum atomic E-state index is 13.5. The number of nitrogens with zero attached hydrogens (tertiary/aromatic N) is 3. The first-order chi connectivity index (χ1) is 12.0. The monoisotopic (exact) mass is 341 g/mol. The van der Waals surface area contributed by atoms with Gasteiger partial charge in [0.1, 0.15) is 0 Å². The van der Waals surface area contributed by atoms with Crippen LogP contribution in [-0.4, -0.2) is 27.6 Å². The van der Waals surface area contributed by atoms with Crippen LogP contribution in [0.1, 0.15) is 16.1 Å². The second-order valence-electron chi connectivity index (χ2n) is 5.81. The summed E-state index contributed by atoms with van der Waals surface area (Å²) in [6, 6.07) is 14.8. The Balaban J connectivity index is 1.83. The van der Waals surface area contributed by atoms with Gasteiger partial charge < -0.3 is 4.90 Å². The highest BCUT2D eigenvalue weighted by Gasteiger charge is 2.18. The van der Waals surface area contributed by atoms with E-state index in [1.54, 1.807) is 25.1 Å². The van der Waals surface area contributed by atoms with Crippen LogP contribution in [0, 0.1) is 11.6 Å². The molecule has 0 saturated carbocycles. The van der Waals surface area contributed by atoms with E-state index in [4.69, 9.17) is 0 Å². The Labute approximate surface area is 144 Å². The molecule has 0 aliphatic carbocycles. The number of halogens is 2. The molecule has 6 heteroatoms. The molecule has 0 saturated heterocycles. The number of amides is 1. The summed E-state index contributed by atoms with van der Waals surface area (Å²) in [6.45, 7) is 0.455. The van der Waals surface area contributed by atoms with Crippen molar-refractivity contribution < 1.29 is 13.6 Å². The molecular weight excluding hydrogens is 324 g/mol. The molecule has 4 nitrogen and oxygen atoms in total. The zero-order chi connectivity index (χ0) is 18.0. The molecule has 0 aliphatic heterocycles. The van der Waals surface area contributed by atoms with Crippen molar-refractivity contribution in [2.24, 2.45) is 7.05 Å². The number of rotatable bonds is 4. The molecule has 2 aromatic carbocycles. The van der Waals surface area contributed by atoms with E-state index in [1.807, 2.05) is 30.3 Å². The average molecular weight is 341 g/mol. The van der Waals surface area contributed by atoms with Crippen LogP contribution in [0.2, 0.25) is 0 Å². The van der Waals surface area contributed by atoms with Gasteiger partial charge in [0.15, 0.2) is 17.3 Å². The summed E-state index contributed by atoms with van der Waals surface area (Å²) in [5, 5.41) is 4.21. The maximum Gasteiger partial charge on any atom is 0.274 e. The van der Waals surface area contributed by atoms with Crippen molar-refractivity contribution >= 4 is 5.91 Å². The van der Waals surface area contributed by atoms with E-state index in [2.05, 4.69) is 5.10 Å². The number of hydrogen-bond donors (Lipinski definition) is 0. The molecule has 0 N–H and O–H groups in total. The molecule has 0 fully saturated rings. The van der Waals surface area contributed by atoms with Gasteiger partial charge in [0.05, 0.1) is 5.69 Å². The Morgan fingerprint density at radius 2 is 1.80 bits per heavy atom. The van der Waals surface area contributed by atoms with Gasteiger partial charge in [-0.25, -0.2) is 8.78 Å². The van der Waals surface area contributed by atoms with E-state index in [0.717, 1.165) is 17.7 Å². The topological polar surface area (TPSA) is 38.1 Å². The summed E-state index contributed by atoms with van der Waals surface area (Å²) in [6.07, 6.45) is 0. The summed E-state index contributed by atoms with van der Waals surface area (Å²) >= 11 is 0. The lowest BCUT2D eigenvalue weighted by atomic mass is 10.1. The highest BCUT2D eigenvalue weighted by molar-refractivity contribution is 5.93. The van der Waals surface area contributed by atoms with Crippen LogP contribution in [0.3, 0.4) is 0 Å². The standard InChI is InChI=1S/C19H17F2N3O/c1-23(12-13-6-4-3-5-7-13)19(25)17-11-18(24(2)22-17)14-8-9-15(20)16(21)10-14/h3-11H,12H2,1-2H3. The quantitative estimate of drug-likeness (QED) is 0.727. The Kier molecular flexibility index (Phi) is 4.61. The minimum atomic E-state index is -0.937. The van der Waals surface area contributed by atoms with E-state index in [9.17, 15) is 13.6 Å². The van der Waals surface area contributed by atoms with Crippen LogP contribution in [0.5, 0.6) is 0 Å². The Hall–Kier alpha value is -3.02. The van der Waals surface area contributed by atoms with Crippen LogP contribution >= 0.6 is 0 Å². The first kappa shape index (κ1) is 16.8. The van der Waals surface area contributed by atoms with Gasteiger partial charge in [-0.2, -0.15) is 5.10 Å². The SMILES string of the molecule is CN(Cc1ccccc1)C(=O)c1cc(-c2ccc(F)c(F)c2)n(C)n1. The molecule has 0 atom stereocenters. The lowest BCUT2D eigenvalue weighted by molar-refractivity contribution is 0.0778. The van der Waals surface area contributed by atoms with Crippen molar-refractivity contribution in [3.8, 4) is 11.3 Å². The Morgan fingerprint density at radius 3 is 2.48 bits per heavy atom. The van der Waals surface area contributed by atoms with Gasteiger partial charge >= 0.3 is 0 Å². The third-order valence-corrected chi connectivity index (χ3v) is 3.92. The van der Waals surface area contributed by atoms with Gasteiger partial charge in [-0.1, -0.05) is 30.3 Å². The normalized spacial score (nSPS) is 10.7. The van der Waals surface area contributed by atoms with Gasteiger partial charge in [0, 0.05) is 26.2 Å². The third-order valence-electron chi connectivity index (χ3n) is 3.92. The lowest BCUT2D eigenvalue weighted by Crippen LogP contribution is -2.26. The van der Waals surface area contributed by atoms with Crippen molar-refractivity contribution in [2.45, 2.75) is 6.54 Å². The fourth-order valence-corrected chi connectivity index (χ4v) is 2.62. The van der Waals surface area contributed by atoms with Crippen LogP contribution < -0.4 is 0 Å². The summed E-state index contributed by atoms with van der Waals surface area (Å²) in [7, 11) is 3.35. The summed E-state index contributed by atoms with van der Waals surface area (Å²) in [5.41, 5.74) is 2.25. The summed E-state index contributed by atoms with van der Waals surface area (Å²) in [4.78, 5) is 14.1. The molecule has 0 aliphatic rings. The Bertz CT molecular complexity index is 906. The summed E-state index contributed by atoms with van der Waals surface area (Å²) in [5.74, 6) is -2.09. The van der Waals surface area contributed by atoms with Gasteiger partial charge in [-0.15, -0.1) is 0 Å². The minimum Gasteiger partial charge on any atom is -0.336 e. The van der Waals surface area contributed by atoms with Crippen molar-refractivity contribution in [3.05, 3.63) is 77.5 Å². The maximum absolute atomic E-state index is 13.5. The number of carbonyl (C=O) groups excluding carboxylic acids is 1. The van der Waals surface area contributed by atoms with E-state index in [-0.39, 0.29) is 11.6 Å². The smallest absolute Gasteiger partial charge is 0.274 e. The van der Waals surface area contributed by atoms with Crippen molar-refractivity contribution in [3.63, 3.8) is 0 Å². The molecule has 3 aromatic rings. The predicted molar refractivity (Wildman–Crippen MR) is 90.8 cm³/mol. The fraction of sp³-hybridized carbons (Fsp3) is 0.158. The Morgan fingerprint density at radius 1 is 1.08 bits per heavy atom. The number of aromatic nitrogens is 2. The van der Waals surface area contributed by atoms with Crippen LogP contribution in [0.4, 0.5) is 8.78 Å². The molecule has 0 bridgehead atoms. The molecule has 128 valence electrons. The number of aryl methyl sites for hydroxylation is 1. The average Bonchev–Trinajstić information content (AvgIpc) is 2.99. The highest BCUT2D eigenvalue weighted by atomic mass is 19.2. The van der Waals surface area contributed by atoms with Crippen LogP contribution in [-0.2, 0) is 13.6 Å². The molecule has 25 heavy (non-hydrogen) atoms. The van der Waals surface area contributed by atoms with Crippen molar-refractivity contribution in [1.82, 2.24) is 14.7 Å². The predicted octanol–water partition coefficient (Wildman–Crippen LogP) is 3.64. The zero-order valence-electron chi connectivity index (χ0n) is 13.9. The summed E-state index contributed by atoms with van der Waals surface area (Å²) < 4.78 is 28.0. The van der Waals surface area contributed by atoms with Crippen molar-refractivity contribution in [1.29, 1.82) is 0 Å². The number of hydrogen-bond acceptors (Lipinski definition) is 2. The molecule has 1 amide bonds. The molecule has 1 heterocycles. The molecule has 0 unspecified atom stereocenters. The van der Waals surface area contributed by atoms with Crippen LogP contribution in [0.25, 0.3) is 11.3 Å². The molecule has 1 aromatic heterocycles. The lowest BCUT2D eigenvalue weighted by Gasteiger charge is -2.15. The molecule has 0 radical (unpaired) electrons. The van der Waals surface area contributed by atoms with Gasteiger partial charge in [-0.3, -0.25) is 9.48 Å². The molecule has 3 rings (SSSR count).